The summed E-state index contributed by atoms with van der Waals surface area (Å²) in [5.41, 5.74) is -1.21. The maximum atomic E-state index is 12.5. The van der Waals surface area contributed by atoms with Crippen LogP contribution in [0.2, 0.25) is 5.02 Å². The van der Waals surface area contributed by atoms with Crippen LogP contribution in [0.3, 0.4) is 0 Å². The Morgan fingerprint density at radius 3 is 2.40 bits per heavy atom. The van der Waals surface area contributed by atoms with Crippen LogP contribution in [0.25, 0.3) is 0 Å². The largest absolute Gasteiger partial charge is 0.495 e. The van der Waals surface area contributed by atoms with Gasteiger partial charge in [0.05, 0.1) is 24.3 Å². The summed E-state index contributed by atoms with van der Waals surface area (Å²) >= 11 is 5.63. The number of aliphatic hydroxyl groups excluding tert-OH is 1. The predicted molar refractivity (Wildman–Crippen MR) is 48.9 cm³/mol. The normalized spacial score (nSPS) is 11.6. The molecule has 0 bridgehead atoms. The second kappa shape index (κ2) is 4.28. The van der Waals surface area contributed by atoms with Crippen molar-refractivity contribution in [2.45, 2.75) is 12.8 Å². The number of ether oxygens (including phenoxy) is 1. The van der Waals surface area contributed by atoms with Gasteiger partial charge in [0.25, 0.3) is 0 Å². The molecule has 0 radical (unpaired) electrons. The summed E-state index contributed by atoms with van der Waals surface area (Å²) in [5.74, 6) is -0.0683. The molecule has 0 aliphatic heterocycles. The highest BCUT2D eigenvalue weighted by Crippen LogP contribution is 2.37. The number of aliphatic hydroxyl groups is 1. The average molecular weight is 241 g/mol. The number of hydrogen-bond acceptors (Lipinski definition) is 2. The van der Waals surface area contributed by atoms with Crippen molar-refractivity contribution < 1.29 is 23.0 Å². The monoisotopic (exact) mass is 240 g/mol. The van der Waals surface area contributed by atoms with Gasteiger partial charge in [-0.25, -0.2) is 0 Å². The number of alkyl halides is 3. The lowest BCUT2D eigenvalue weighted by molar-refractivity contribution is -0.138. The van der Waals surface area contributed by atoms with Crippen LogP contribution in [0.15, 0.2) is 12.1 Å². The van der Waals surface area contributed by atoms with E-state index in [-0.39, 0.29) is 16.3 Å². The highest BCUT2D eigenvalue weighted by molar-refractivity contribution is 6.32. The van der Waals surface area contributed by atoms with Crippen molar-refractivity contribution in [1.82, 2.24) is 0 Å². The van der Waals surface area contributed by atoms with Crippen molar-refractivity contribution in [3.8, 4) is 5.75 Å². The minimum absolute atomic E-state index is 0.0366. The Kier molecular flexibility index (Phi) is 3.46. The molecule has 0 aliphatic rings. The van der Waals surface area contributed by atoms with Gasteiger partial charge in [-0.3, -0.25) is 0 Å². The first-order chi connectivity index (χ1) is 6.90. The van der Waals surface area contributed by atoms with Crippen LogP contribution in [0.5, 0.6) is 5.75 Å². The van der Waals surface area contributed by atoms with Crippen molar-refractivity contribution in [2.75, 3.05) is 7.11 Å². The van der Waals surface area contributed by atoms with Gasteiger partial charge in [0.1, 0.15) is 5.75 Å². The Morgan fingerprint density at radius 2 is 2.00 bits per heavy atom. The van der Waals surface area contributed by atoms with Crippen LogP contribution in [0.1, 0.15) is 11.1 Å². The van der Waals surface area contributed by atoms with Crippen molar-refractivity contribution in [3.63, 3.8) is 0 Å². The summed E-state index contributed by atoms with van der Waals surface area (Å²) in [6.07, 6.45) is -4.53. The molecule has 0 amide bonds. The highest BCUT2D eigenvalue weighted by atomic mass is 35.5. The smallest absolute Gasteiger partial charge is 0.416 e. The van der Waals surface area contributed by atoms with Crippen molar-refractivity contribution in [2.24, 2.45) is 0 Å². The molecule has 0 saturated heterocycles. The summed E-state index contributed by atoms with van der Waals surface area (Å²) in [6.45, 7) is -0.724. The van der Waals surface area contributed by atoms with Gasteiger partial charge in [-0.1, -0.05) is 11.6 Å². The zero-order chi connectivity index (χ0) is 11.6. The first-order valence-corrected chi connectivity index (χ1v) is 4.32. The van der Waals surface area contributed by atoms with Gasteiger partial charge in [-0.05, 0) is 17.7 Å². The standard InChI is InChI=1S/C9H8ClF3O2/c1-15-8-3-6(9(11,12)13)5(4-14)2-7(8)10/h2-3,14H,4H2,1H3. The Morgan fingerprint density at radius 1 is 1.40 bits per heavy atom. The molecule has 6 heteroatoms. The van der Waals surface area contributed by atoms with Crippen LogP contribution < -0.4 is 4.74 Å². The summed E-state index contributed by atoms with van der Waals surface area (Å²) in [5, 5.41) is 8.81. The van der Waals surface area contributed by atoms with Crippen molar-refractivity contribution >= 4 is 11.6 Å². The molecule has 0 aliphatic carbocycles. The van der Waals surface area contributed by atoms with E-state index in [1.165, 1.54) is 7.11 Å². The molecule has 1 aromatic rings. The van der Waals surface area contributed by atoms with Crippen LogP contribution in [0, 0.1) is 0 Å². The summed E-state index contributed by atoms with van der Waals surface area (Å²) in [7, 11) is 1.22. The van der Waals surface area contributed by atoms with Gasteiger partial charge in [0.2, 0.25) is 0 Å². The number of halogens is 4. The summed E-state index contributed by atoms with van der Waals surface area (Å²) < 4.78 is 42.1. The van der Waals surface area contributed by atoms with E-state index < -0.39 is 18.3 Å². The van der Waals surface area contributed by atoms with E-state index in [0.29, 0.717) is 0 Å². The van der Waals surface area contributed by atoms with Gasteiger partial charge in [0, 0.05) is 0 Å². The number of benzene rings is 1. The Hall–Kier alpha value is -0.940. The quantitative estimate of drug-likeness (QED) is 0.861. The molecule has 0 fully saturated rings. The van der Waals surface area contributed by atoms with Gasteiger partial charge in [-0.15, -0.1) is 0 Å². The molecule has 0 spiro atoms. The fourth-order valence-corrected chi connectivity index (χ4v) is 1.41. The van der Waals surface area contributed by atoms with E-state index in [1.54, 1.807) is 0 Å². The Bertz CT molecular complexity index is 363. The first-order valence-electron chi connectivity index (χ1n) is 3.94. The maximum Gasteiger partial charge on any atom is 0.416 e. The zero-order valence-electron chi connectivity index (χ0n) is 7.73. The van der Waals surface area contributed by atoms with Gasteiger partial charge >= 0.3 is 6.18 Å². The highest BCUT2D eigenvalue weighted by Gasteiger charge is 2.34. The van der Waals surface area contributed by atoms with Crippen LogP contribution in [-0.2, 0) is 12.8 Å². The molecule has 1 rings (SSSR count). The molecule has 84 valence electrons. The van der Waals surface area contributed by atoms with E-state index in [2.05, 4.69) is 4.74 Å². The van der Waals surface area contributed by atoms with E-state index in [9.17, 15) is 13.2 Å². The molecular weight excluding hydrogens is 233 g/mol. The molecule has 0 saturated carbocycles. The van der Waals surface area contributed by atoms with Crippen molar-refractivity contribution in [1.29, 1.82) is 0 Å². The predicted octanol–water partition coefficient (Wildman–Crippen LogP) is 2.86. The average Bonchev–Trinajstić information content (AvgIpc) is 2.15. The lowest BCUT2D eigenvalue weighted by Gasteiger charge is -2.13. The molecule has 0 unspecified atom stereocenters. The lowest BCUT2D eigenvalue weighted by Crippen LogP contribution is -2.09. The van der Waals surface area contributed by atoms with Crippen LogP contribution in [0.4, 0.5) is 13.2 Å². The topological polar surface area (TPSA) is 29.5 Å². The summed E-state index contributed by atoms with van der Waals surface area (Å²) in [4.78, 5) is 0. The minimum atomic E-state index is -4.53. The molecule has 0 aromatic heterocycles. The number of rotatable bonds is 2. The summed E-state index contributed by atoms with van der Waals surface area (Å²) in [6, 6.07) is 1.82. The second-order valence-corrected chi connectivity index (χ2v) is 3.21. The maximum absolute atomic E-state index is 12.5. The van der Waals surface area contributed by atoms with Gasteiger partial charge in [0.15, 0.2) is 0 Å². The SMILES string of the molecule is COc1cc(C(F)(F)F)c(CO)cc1Cl. The van der Waals surface area contributed by atoms with Gasteiger partial charge in [-0.2, -0.15) is 13.2 Å². The third-order valence-electron chi connectivity index (χ3n) is 1.85. The van der Waals surface area contributed by atoms with Crippen molar-refractivity contribution in [3.05, 3.63) is 28.3 Å². The zero-order valence-corrected chi connectivity index (χ0v) is 8.49. The third kappa shape index (κ3) is 2.54. The molecule has 2 nitrogen and oxygen atoms in total. The number of methoxy groups -OCH3 is 1. The Labute approximate surface area is 89.2 Å². The molecule has 15 heavy (non-hydrogen) atoms. The van der Waals surface area contributed by atoms with E-state index in [0.717, 1.165) is 12.1 Å². The third-order valence-corrected chi connectivity index (χ3v) is 2.15. The van der Waals surface area contributed by atoms with E-state index in [1.807, 2.05) is 0 Å². The fourth-order valence-electron chi connectivity index (χ4n) is 1.15. The second-order valence-electron chi connectivity index (χ2n) is 2.80. The Balaban J connectivity index is 3.36. The molecule has 1 aromatic carbocycles. The molecule has 0 atom stereocenters. The minimum Gasteiger partial charge on any atom is -0.495 e. The molecule has 1 N–H and O–H groups in total. The van der Waals surface area contributed by atoms with Gasteiger partial charge < -0.3 is 9.84 Å². The van der Waals surface area contributed by atoms with Crippen LogP contribution in [-0.4, -0.2) is 12.2 Å². The van der Waals surface area contributed by atoms with Crippen LogP contribution >= 0.6 is 11.6 Å². The molecular formula is C9H8ClF3O2. The van der Waals surface area contributed by atoms with E-state index >= 15 is 0 Å². The fraction of sp³-hybridized carbons (Fsp3) is 0.333. The molecule has 0 heterocycles. The first kappa shape index (κ1) is 12.1. The number of hydrogen-bond donors (Lipinski definition) is 1. The lowest BCUT2D eigenvalue weighted by atomic mass is 10.1. The van der Waals surface area contributed by atoms with E-state index in [4.69, 9.17) is 16.7 Å².